The minimum atomic E-state index is -5.84. The van der Waals surface area contributed by atoms with Crippen molar-refractivity contribution < 1.29 is 31.5 Å². The Balaban J connectivity index is 2.99. The lowest BCUT2D eigenvalue weighted by Crippen LogP contribution is -2.42. The number of carbonyl (C=O) groups excluding carboxylic acids is 1. The van der Waals surface area contributed by atoms with Crippen molar-refractivity contribution in [1.29, 1.82) is 0 Å². The molecule has 3 nitrogen and oxygen atoms in total. The summed E-state index contributed by atoms with van der Waals surface area (Å²) in [5.41, 5.74) is -0.341. The number of halogens is 5. The van der Waals surface area contributed by atoms with Gasteiger partial charge in [0.1, 0.15) is 5.75 Å². The average molecular weight is 254 g/mol. The summed E-state index contributed by atoms with van der Waals surface area (Å²) in [5.74, 6) is -0.807. The maximum atomic E-state index is 12.6. The average Bonchev–Trinajstić information content (AvgIpc) is 2.19. The van der Waals surface area contributed by atoms with E-state index in [1.54, 1.807) is 0 Å². The first kappa shape index (κ1) is 13.2. The second-order valence-electron chi connectivity index (χ2n) is 2.84. The summed E-state index contributed by atoms with van der Waals surface area (Å²) in [6, 6.07) is 4.45. The SMILES string of the molecule is O=[C]Nc1ccccc1OC(F)(F)C(F)(F)F. The zero-order chi connectivity index (χ0) is 13.1. The van der Waals surface area contributed by atoms with Gasteiger partial charge in [-0.1, -0.05) is 12.1 Å². The number of nitrogens with one attached hydrogen (secondary N) is 1. The van der Waals surface area contributed by atoms with Gasteiger partial charge in [0.05, 0.1) is 5.69 Å². The fourth-order valence-electron chi connectivity index (χ4n) is 0.910. The maximum Gasteiger partial charge on any atom is 0.499 e. The number of amides is 1. The highest BCUT2D eigenvalue weighted by Crippen LogP contribution is 2.39. The molecule has 0 saturated carbocycles. The second kappa shape index (κ2) is 4.56. The summed E-state index contributed by atoms with van der Waals surface area (Å²) in [4.78, 5) is 9.99. The van der Waals surface area contributed by atoms with Crippen molar-refractivity contribution in [3.8, 4) is 5.75 Å². The molecule has 0 spiro atoms. The predicted octanol–water partition coefficient (Wildman–Crippen LogP) is 2.70. The molecule has 0 bridgehead atoms. The van der Waals surface area contributed by atoms with Crippen LogP contribution in [0.5, 0.6) is 5.75 Å². The number of para-hydroxylation sites is 2. The molecule has 0 aromatic heterocycles. The third-order valence-electron chi connectivity index (χ3n) is 1.64. The summed E-state index contributed by atoms with van der Waals surface area (Å²) in [6.07, 6.45) is -10.0. The molecule has 1 N–H and O–H groups in total. The van der Waals surface area contributed by atoms with Crippen LogP contribution >= 0.6 is 0 Å². The van der Waals surface area contributed by atoms with E-state index in [0.29, 0.717) is 0 Å². The maximum absolute atomic E-state index is 12.6. The van der Waals surface area contributed by atoms with Gasteiger partial charge in [-0.25, -0.2) is 0 Å². The van der Waals surface area contributed by atoms with Crippen LogP contribution in [0, 0.1) is 0 Å². The molecule has 1 aromatic carbocycles. The van der Waals surface area contributed by atoms with Gasteiger partial charge in [0, 0.05) is 0 Å². The molecule has 1 aromatic rings. The van der Waals surface area contributed by atoms with Crippen LogP contribution < -0.4 is 10.1 Å². The molecule has 1 radical (unpaired) electrons. The summed E-state index contributed by atoms with van der Waals surface area (Å²) in [5, 5.41) is 1.82. The molecule has 0 unspecified atom stereocenters. The molecule has 0 atom stereocenters. The van der Waals surface area contributed by atoms with Crippen LogP contribution in [-0.2, 0) is 4.79 Å². The second-order valence-corrected chi connectivity index (χ2v) is 2.84. The van der Waals surface area contributed by atoms with Gasteiger partial charge >= 0.3 is 18.7 Å². The zero-order valence-electron chi connectivity index (χ0n) is 8.02. The van der Waals surface area contributed by atoms with E-state index in [0.717, 1.165) is 18.5 Å². The quantitative estimate of drug-likeness (QED) is 0.662. The summed E-state index contributed by atoms with van der Waals surface area (Å²) >= 11 is 0. The largest absolute Gasteiger partial charge is 0.499 e. The molecular weight excluding hydrogens is 249 g/mol. The third-order valence-corrected chi connectivity index (χ3v) is 1.64. The van der Waals surface area contributed by atoms with Gasteiger partial charge in [0.15, 0.2) is 0 Å². The minimum absolute atomic E-state index is 0.341. The molecule has 0 aliphatic heterocycles. The molecule has 1 amide bonds. The summed E-state index contributed by atoms with van der Waals surface area (Å²) in [7, 11) is 0. The van der Waals surface area contributed by atoms with Crippen molar-refractivity contribution in [2.45, 2.75) is 12.3 Å². The van der Waals surface area contributed by atoms with Crippen LogP contribution in [0.4, 0.5) is 27.6 Å². The van der Waals surface area contributed by atoms with E-state index in [2.05, 4.69) is 4.74 Å². The van der Waals surface area contributed by atoms with Gasteiger partial charge in [-0.05, 0) is 12.1 Å². The van der Waals surface area contributed by atoms with E-state index in [1.165, 1.54) is 12.1 Å². The Morgan fingerprint density at radius 2 is 1.71 bits per heavy atom. The molecule has 0 saturated heterocycles. The Hall–Kier alpha value is -1.86. The summed E-state index contributed by atoms with van der Waals surface area (Å²) in [6.45, 7) is 0. The molecule has 0 aliphatic rings. The smallest absolute Gasteiger partial charge is 0.424 e. The summed E-state index contributed by atoms with van der Waals surface area (Å²) < 4.78 is 64.3. The lowest BCUT2D eigenvalue weighted by Gasteiger charge is -2.21. The normalized spacial score (nSPS) is 12.1. The van der Waals surface area contributed by atoms with E-state index >= 15 is 0 Å². The van der Waals surface area contributed by atoms with Crippen LogP contribution in [0.1, 0.15) is 0 Å². The van der Waals surface area contributed by atoms with Crippen molar-refractivity contribution in [2.75, 3.05) is 5.32 Å². The number of hydrogen-bond donors (Lipinski definition) is 1. The topological polar surface area (TPSA) is 38.3 Å². The van der Waals surface area contributed by atoms with Crippen molar-refractivity contribution in [3.05, 3.63) is 24.3 Å². The Kier molecular flexibility index (Phi) is 3.54. The molecule has 0 aliphatic carbocycles. The number of hydrogen-bond acceptors (Lipinski definition) is 2. The van der Waals surface area contributed by atoms with E-state index < -0.39 is 18.0 Å². The van der Waals surface area contributed by atoms with Gasteiger partial charge in [0.2, 0.25) is 0 Å². The van der Waals surface area contributed by atoms with Gasteiger partial charge < -0.3 is 10.1 Å². The fraction of sp³-hybridized carbons (Fsp3) is 0.222. The van der Waals surface area contributed by atoms with E-state index in [1.807, 2.05) is 5.32 Å². The number of anilines is 1. The highest BCUT2D eigenvalue weighted by molar-refractivity contribution is 5.75. The molecular formula is C9H5F5NO2. The van der Waals surface area contributed by atoms with Gasteiger partial charge in [-0.3, -0.25) is 4.79 Å². The Morgan fingerprint density at radius 3 is 2.24 bits per heavy atom. The Morgan fingerprint density at radius 1 is 1.12 bits per heavy atom. The van der Waals surface area contributed by atoms with E-state index in [-0.39, 0.29) is 5.69 Å². The highest BCUT2D eigenvalue weighted by Gasteiger charge is 2.61. The molecule has 8 heteroatoms. The third kappa shape index (κ3) is 3.05. The minimum Gasteiger partial charge on any atom is -0.424 e. The van der Waals surface area contributed by atoms with Crippen molar-refractivity contribution >= 4 is 12.1 Å². The van der Waals surface area contributed by atoms with Crippen molar-refractivity contribution in [2.24, 2.45) is 0 Å². The molecule has 93 valence electrons. The number of ether oxygens (including phenoxy) is 1. The van der Waals surface area contributed by atoms with Crippen molar-refractivity contribution in [3.63, 3.8) is 0 Å². The van der Waals surface area contributed by atoms with Crippen LogP contribution in [0.2, 0.25) is 0 Å². The highest BCUT2D eigenvalue weighted by atomic mass is 19.4. The first-order valence-electron chi connectivity index (χ1n) is 4.13. The number of benzene rings is 1. The van der Waals surface area contributed by atoms with E-state index in [4.69, 9.17) is 0 Å². The van der Waals surface area contributed by atoms with Crippen LogP contribution in [0.15, 0.2) is 24.3 Å². The number of rotatable bonds is 4. The lowest BCUT2D eigenvalue weighted by molar-refractivity contribution is -0.360. The standard InChI is InChI=1S/C9H5F5NO2/c10-8(11,12)9(13,14)17-7-4-2-1-3-6(7)15-5-16/h1-4H,(H,15,16). The first-order valence-corrected chi connectivity index (χ1v) is 4.13. The predicted molar refractivity (Wildman–Crippen MR) is 47.4 cm³/mol. The van der Waals surface area contributed by atoms with Crippen molar-refractivity contribution in [1.82, 2.24) is 0 Å². The Labute approximate surface area is 92.2 Å². The molecule has 0 heterocycles. The Bertz CT molecular complexity index is 405. The number of alkyl halides is 5. The monoisotopic (exact) mass is 254 g/mol. The van der Waals surface area contributed by atoms with Gasteiger partial charge in [0.25, 0.3) is 0 Å². The fourth-order valence-corrected chi connectivity index (χ4v) is 0.910. The van der Waals surface area contributed by atoms with Crippen LogP contribution in [0.3, 0.4) is 0 Å². The van der Waals surface area contributed by atoms with Gasteiger partial charge in [-0.2, -0.15) is 22.0 Å². The van der Waals surface area contributed by atoms with Crippen LogP contribution in [0.25, 0.3) is 0 Å². The molecule has 17 heavy (non-hydrogen) atoms. The first-order chi connectivity index (χ1) is 7.78. The van der Waals surface area contributed by atoms with Crippen LogP contribution in [-0.4, -0.2) is 18.7 Å². The molecule has 0 fully saturated rings. The van der Waals surface area contributed by atoms with E-state index in [9.17, 15) is 26.7 Å². The lowest BCUT2D eigenvalue weighted by atomic mass is 10.3. The zero-order valence-corrected chi connectivity index (χ0v) is 8.02. The molecule has 1 rings (SSSR count). The van der Waals surface area contributed by atoms with Gasteiger partial charge in [-0.15, -0.1) is 0 Å².